The summed E-state index contributed by atoms with van der Waals surface area (Å²) < 4.78 is 12.6. The van der Waals surface area contributed by atoms with Crippen LogP contribution in [0, 0.1) is 0 Å². The van der Waals surface area contributed by atoms with Gasteiger partial charge in [0.2, 0.25) is 0 Å². The van der Waals surface area contributed by atoms with Crippen molar-refractivity contribution in [3.63, 3.8) is 0 Å². The van der Waals surface area contributed by atoms with Gasteiger partial charge in [-0.15, -0.1) is 11.6 Å². The second-order valence-corrected chi connectivity index (χ2v) is 6.82. The molecule has 0 N–H and O–H groups in total. The third-order valence-electron chi connectivity index (χ3n) is 3.16. The summed E-state index contributed by atoms with van der Waals surface area (Å²) in [7, 11) is 3.26. The van der Waals surface area contributed by atoms with E-state index in [1.54, 1.807) is 14.2 Å². The number of hydrogen-bond donors (Lipinski definition) is 0. The van der Waals surface area contributed by atoms with Gasteiger partial charge in [0.25, 0.3) is 0 Å². The van der Waals surface area contributed by atoms with Gasteiger partial charge >= 0.3 is 0 Å². The Kier molecular flexibility index (Phi) is 5.97. The lowest BCUT2D eigenvalue weighted by Gasteiger charge is -2.14. The van der Waals surface area contributed by atoms with Crippen molar-refractivity contribution in [3.8, 4) is 11.5 Å². The van der Waals surface area contributed by atoms with Gasteiger partial charge in [-0.3, -0.25) is 0 Å². The third kappa shape index (κ3) is 4.15. The fraction of sp³-hybridized carbons (Fsp3) is 0.250. The molecule has 0 saturated heterocycles. The molecule has 2 aromatic carbocycles. The molecule has 5 heteroatoms. The molecule has 0 spiro atoms. The highest BCUT2D eigenvalue weighted by Crippen LogP contribution is 2.35. The van der Waals surface area contributed by atoms with E-state index in [9.17, 15) is 0 Å². The molecule has 0 aliphatic rings. The molecule has 0 aliphatic carbocycles. The van der Waals surface area contributed by atoms with Crippen molar-refractivity contribution >= 4 is 43.5 Å². The molecule has 0 bridgehead atoms. The van der Waals surface area contributed by atoms with Crippen LogP contribution in [0.15, 0.2) is 45.3 Å². The molecule has 0 aliphatic heterocycles. The van der Waals surface area contributed by atoms with Crippen molar-refractivity contribution < 1.29 is 9.47 Å². The van der Waals surface area contributed by atoms with Gasteiger partial charge in [-0.05, 0) is 47.9 Å². The number of alkyl halides is 1. The molecule has 2 aromatic rings. The molecule has 2 nitrogen and oxygen atoms in total. The Labute approximate surface area is 146 Å². The molecular formula is C16H15Br2ClO2. The Morgan fingerprint density at radius 3 is 2.38 bits per heavy atom. The summed E-state index contributed by atoms with van der Waals surface area (Å²) in [6.45, 7) is 0. The summed E-state index contributed by atoms with van der Waals surface area (Å²) in [5.74, 6) is 1.43. The molecule has 0 fully saturated rings. The van der Waals surface area contributed by atoms with Crippen molar-refractivity contribution in [2.75, 3.05) is 14.2 Å². The second-order valence-electron chi connectivity index (χ2n) is 4.53. The lowest BCUT2D eigenvalue weighted by molar-refractivity contribution is 0.354. The highest BCUT2D eigenvalue weighted by atomic mass is 79.9. The average Bonchev–Trinajstić information content (AvgIpc) is 2.49. The van der Waals surface area contributed by atoms with E-state index in [2.05, 4.69) is 31.9 Å². The van der Waals surface area contributed by atoms with Crippen LogP contribution in [0.4, 0.5) is 0 Å². The summed E-state index contributed by atoms with van der Waals surface area (Å²) >= 11 is 13.6. The topological polar surface area (TPSA) is 18.5 Å². The maximum absolute atomic E-state index is 6.56. The molecule has 1 atom stereocenters. The van der Waals surface area contributed by atoms with Gasteiger partial charge in [-0.2, -0.15) is 0 Å². The first-order valence-corrected chi connectivity index (χ1v) is 8.37. The molecule has 0 saturated carbocycles. The number of rotatable bonds is 5. The third-order valence-corrected chi connectivity index (χ3v) is 4.76. The fourth-order valence-electron chi connectivity index (χ4n) is 2.08. The molecule has 112 valence electrons. The van der Waals surface area contributed by atoms with Gasteiger partial charge in [0.15, 0.2) is 11.5 Å². The molecule has 0 aromatic heterocycles. The van der Waals surface area contributed by atoms with Gasteiger partial charge in [-0.25, -0.2) is 0 Å². The van der Waals surface area contributed by atoms with E-state index < -0.39 is 0 Å². The Hall–Kier alpha value is -0.710. The van der Waals surface area contributed by atoms with Crippen LogP contribution in [0.1, 0.15) is 16.5 Å². The molecule has 2 rings (SSSR count). The Morgan fingerprint density at radius 2 is 1.71 bits per heavy atom. The van der Waals surface area contributed by atoms with Crippen LogP contribution in [-0.2, 0) is 6.42 Å². The van der Waals surface area contributed by atoms with E-state index >= 15 is 0 Å². The highest BCUT2D eigenvalue weighted by Gasteiger charge is 2.14. The quantitative estimate of drug-likeness (QED) is 0.558. The second kappa shape index (κ2) is 7.52. The van der Waals surface area contributed by atoms with Crippen LogP contribution in [0.5, 0.6) is 11.5 Å². The normalized spacial score (nSPS) is 12.0. The Balaban J connectivity index is 2.23. The van der Waals surface area contributed by atoms with Crippen LogP contribution < -0.4 is 9.47 Å². The van der Waals surface area contributed by atoms with Gasteiger partial charge < -0.3 is 9.47 Å². The van der Waals surface area contributed by atoms with E-state index in [0.717, 1.165) is 25.8 Å². The molecule has 0 radical (unpaired) electrons. The standard InChI is InChI=1S/C16H15Br2ClO2/c1-20-15-6-3-10(8-16(15)21-2)7-14(19)12-9-11(17)4-5-13(12)18/h3-6,8-9,14H,7H2,1-2H3. The zero-order valence-electron chi connectivity index (χ0n) is 11.7. The van der Waals surface area contributed by atoms with E-state index in [1.807, 2.05) is 36.4 Å². The smallest absolute Gasteiger partial charge is 0.160 e. The number of halogens is 3. The minimum Gasteiger partial charge on any atom is -0.493 e. The SMILES string of the molecule is COc1ccc(CC(Cl)c2cc(Br)ccc2Br)cc1OC. The predicted octanol–water partition coefficient (Wildman–Crippen LogP) is 5.75. The number of hydrogen-bond acceptors (Lipinski definition) is 2. The number of methoxy groups -OCH3 is 2. The van der Waals surface area contributed by atoms with Gasteiger partial charge in [0.1, 0.15) is 0 Å². The molecule has 1 unspecified atom stereocenters. The first-order valence-electron chi connectivity index (χ1n) is 6.35. The Morgan fingerprint density at radius 1 is 1.00 bits per heavy atom. The van der Waals surface area contributed by atoms with Crippen LogP contribution in [0.3, 0.4) is 0 Å². The van der Waals surface area contributed by atoms with Crippen molar-refractivity contribution in [1.29, 1.82) is 0 Å². The summed E-state index contributed by atoms with van der Waals surface area (Å²) in [5, 5.41) is -0.130. The number of benzene rings is 2. The lowest BCUT2D eigenvalue weighted by Crippen LogP contribution is -1.99. The molecule has 21 heavy (non-hydrogen) atoms. The van der Waals surface area contributed by atoms with Crippen molar-refractivity contribution in [2.45, 2.75) is 11.8 Å². The average molecular weight is 435 g/mol. The van der Waals surface area contributed by atoms with E-state index in [1.165, 1.54) is 0 Å². The van der Waals surface area contributed by atoms with Crippen LogP contribution in [-0.4, -0.2) is 14.2 Å². The van der Waals surface area contributed by atoms with Crippen molar-refractivity contribution in [2.24, 2.45) is 0 Å². The number of ether oxygens (including phenoxy) is 2. The minimum atomic E-state index is -0.130. The van der Waals surface area contributed by atoms with Gasteiger partial charge in [0.05, 0.1) is 19.6 Å². The fourth-order valence-corrected chi connectivity index (χ4v) is 3.47. The zero-order chi connectivity index (χ0) is 15.4. The molecular weight excluding hydrogens is 419 g/mol. The van der Waals surface area contributed by atoms with Crippen LogP contribution >= 0.6 is 43.5 Å². The minimum absolute atomic E-state index is 0.130. The summed E-state index contributed by atoms with van der Waals surface area (Å²) in [4.78, 5) is 0. The van der Waals surface area contributed by atoms with Crippen LogP contribution in [0.25, 0.3) is 0 Å². The summed E-state index contributed by atoms with van der Waals surface area (Å²) in [6.07, 6.45) is 0.705. The first kappa shape index (κ1) is 16.7. The van der Waals surface area contributed by atoms with Gasteiger partial charge in [0, 0.05) is 8.95 Å². The van der Waals surface area contributed by atoms with E-state index in [-0.39, 0.29) is 5.38 Å². The first-order chi connectivity index (χ1) is 10.0. The predicted molar refractivity (Wildman–Crippen MR) is 93.7 cm³/mol. The maximum Gasteiger partial charge on any atom is 0.160 e. The van der Waals surface area contributed by atoms with Crippen molar-refractivity contribution in [1.82, 2.24) is 0 Å². The van der Waals surface area contributed by atoms with Crippen LogP contribution in [0.2, 0.25) is 0 Å². The molecule has 0 amide bonds. The summed E-state index contributed by atoms with van der Waals surface area (Å²) in [5.41, 5.74) is 2.15. The monoisotopic (exact) mass is 432 g/mol. The summed E-state index contributed by atoms with van der Waals surface area (Å²) in [6, 6.07) is 11.9. The van der Waals surface area contributed by atoms with E-state index in [4.69, 9.17) is 21.1 Å². The largest absolute Gasteiger partial charge is 0.493 e. The van der Waals surface area contributed by atoms with Crippen molar-refractivity contribution in [3.05, 3.63) is 56.5 Å². The maximum atomic E-state index is 6.56. The lowest BCUT2D eigenvalue weighted by atomic mass is 10.0. The molecule has 0 heterocycles. The van der Waals surface area contributed by atoms with Gasteiger partial charge in [-0.1, -0.05) is 37.9 Å². The van der Waals surface area contributed by atoms with E-state index in [0.29, 0.717) is 12.2 Å². The highest BCUT2D eigenvalue weighted by molar-refractivity contribution is 9.11. The Bertz CT molecular complexity index is 632. The zero-order valence-corrected chi connectivity index (χ0v) is 15.6.